The van der Waals surface area contributed by atoms with Crippen molar-refractivity contribution in [1.82, 2.24) is 20.2 Å². The number of carbonyl (C=O) groups is 1. The van der Waals surface area contributed by atoms with Crippen LogP contribution >= 0.6 is 0 Å². The lowest BCUT2D eigenvalue weighted by Crippen LogP contribution is -2.40. The molecule has 0 aromatic carbocycles. The summed E-state index contributed by atoms with van der Waals surface area (Å²) >= 11 is 0. The number of aromatic amines is 1. The molecule has 0 saturated carbocycles. The number of rotatable bonds is 5. The molecular weight excluding hydrogens is 285 g/mol. The minimum absolute atomic E-state index is 0.196. The van der Waals surface area contributed by atoms with Crippen molar-refractivity contribution in [3.8, 4) is 0 Å². The Morgan fingerprint density at radius 1 is 1.57 bits per heavy atom. The lowest BCUT2D eigenvalue weighted by molar-refractivity contribution is -0.141. The standard InChI is InChI=1S/C13H19F3N4O/c1-2-5-20-6-3-4-9(20)7-17-12(21)10-11(13(14,15)16)19-8-18-10/h8-9H,2-7H2,1H3,(H,17,21)(H,18,19)/t9-/m0/s1. The molecule has 1 saturated heterocycles. The van der Waals surface area contributed by atoms with E-state index in [0.717, 1.165) is 38.7 Å². The van der Waals surface area contributed by atoms with Crippen LogP contribution in [0.5, 0.6) is 0 Å². The highest BCUT2D eigenvalue weighted by Crippen LogP contribution is 2.29. The monoisotopic (exact) mass is 304 g/mol. The van der Waals surface area contributed by atoms with Gasteiger partial charge in [0.25, 0.3) is 5.91 Å². The maximum absolute atomic E-state index is 12.7. The van der Waals surface area contributed by atoms with E-state index in [-0.39, 0.29) is 6.04 Å². The molecule has 2 N–H and O–H groups in total. The van der Waals surface area contributed by atoms with Gasteiger partial charge in [-0.2, -0.15) is 13.2 Å². The molecule has 1 aliphatic heterocycles. The number of nitrogens with zero attached hydrogens (tertiary/aromatic N) is 2. The van der Waals surface area contributed by atoms with Crippen LogP contribution in [0.1, 0.15) is 42.4 Å². The number of alkyl halides is 3. The van der Waals surface area contributed by atoms with E-state index in [0.29, 0.717) is 6.54 Å². The van der Waals surface area contributed by atoms with E-state index in [4.69, 9.17) is 0 Å². The van der Waals surface area contributed by atoms with E-state index in [2.05, 4.69) is 22.1 Å². The van der Waals surface area contributed by atoms with Crippen molar-refractivity contribution in [3.05, 3.63) is 17.7 Å². The summed E-state index contributed by atoms with van der Waals surface area (Å²) < 4.78 is 38.1. The van der Waals surface area contributed by atoms with E-state index >= 15 is 0 Å². The molecular formula is C13H19F3N4O. The van der Waals surface area contributed by atoms with Crippen LogP contribution in [0.2, 0.25) is 0 Å². The minimum atomic E-state index is -4.61. The summed E-state index contributed by atoms with van der Waals surface area (Å²) in [5.41, 5.74) is -1.70. The topological polar surface area (TPSA) is 61.0 Å². The Balaban J connectivity index is 1.95. The summed E-state index contributed by atoms with van der Waals surface area (Å²) in [5.74, 6) is -0.785. The Morgan fingerprint density at radius 2 is 2.33 bits per heavy atom. The second kappa shape index (κ2) is 6.46. The minimum Gasteiger partial charge on any atom is -0.349 e. The molecule has 0 aliphatic carbocycles. The molecule has 0 unspecified atom stereocenters. The fourth-order valence-corrected chi connectivity index (χ4v) is 2.68. The first-order chi connectivity index (χ1) is 9.93. The summed E-state index contributed by atoms with van der Waals surface area (Å²) in [6.45, 7) is 4.34. The zero-order valence-electron chi connectivity index (χ0n) is 11.8. The van der Waals surface area contributed by atoms with Crippen LogP contribution in [-0.4, -0.2) is 46.5 Å². The third kappa shape index (κ3) is 3.75. The zero-order chi connectivity index (χ0) is 15.5. The van der Waals surface area contributed by atoms with Crippen LogP contribution in [-0.2, 0) is 6.18 Å². The number of nitrogens with one attached hydrogen (secondary N) is 2. The van der Waals surface area contributed by atoms with Crippen LogP contribution in [0.25, 0.3) is 0 Å². The van der Waals surface area contributed by atoms with Gasteiger partial charge in [-0.25, -0.2) is 4.98 Å². The average molecular weight is 304 g/mol. The smallest absolute Gasteiger partial charge is 0.349 e. The van der Waals surface area contributed by atoms with E-state index in [9.17, 15) is 18.0 Å². The van der Waals surface area contributed by atoms with E-state index in [1.807, 2.05) is 4.98 Å². The van der Waals surface area contributed by atoms with E-state index < -0.39 is 23.5 Å². The van der Waals surface area contributed by atoms with Gasteiger partial charge in [0.15, 0.2) is 11.4 Å². The number of hydrogen-bond donors (Lipinski definition) is 2. The molecule has 1 amide bonds. The number of imidazole rings is 1. The van der Waals surface area contributed by atoms with Crippen molar-refractivity contribution in [2.45, 2.75) is 38.4 Å². The number of H-pyrrole nitrogens is 1. The normalized spacial score (nSPS) is 19.9. The van der Waals surface area contributed by atoms with Crippen LogP contribution in [0.4, 0.5) is 13.2 Å². The molecule has 21 heavy (non-hydrogen) atoms. The quantitative estimate of drug-likeness (QED) is 0.875. The fourth-order valence-electron chi connectivity index (χ4n) is 2.68. The van der Waals surface area contributed by atoms with Crippen molar-refractivity contribution in [1.29, 1.82) is 0 Å². The Labute approximate surface area is 120 Å². The van der Waals surface area contributed by atoms with E-state index in [1.54, 1.807) is 0 Å². The van der Waals surface area contributed by atoms with Gasteiger partial charge in [0, 0.05) is 12.6 Å². The lowest BCUT2D eigenvalue weighted by atomic mass is 10.2. The Bertz CT molecular complexity index is 486. The summed E-state index contributed by atoms with van der Waals surface area (Å²) in [5, 5.41) is 2.56. The second-order valence-corrected chi connectivity index (χ2v) is 5.17. The molecule has 2 heterocycles. The molecule has 1 aliphatic rings. The van der Waals surface area contributed by atoms with Gasteiger partial charge in [0.2, 0.25) is 0 Å². The largest absolute Gasteiger partial charge is 0.433 e. The molecule has 0 spiro atoms. The van der Waals surface area contributed by atoms with Gasteiger partial charge in [-0.3, -0.25) is 9.69 Å². The molecule has 1 atom stereocenters. The summed E-state index contributed by atoms with van der Waals surface area (Å²) in [6, 6.07) is 0.196. The third-order valence-electron chi connectivity index (χ3n) is 3.65. The Morgan fingerprint density at radius 3 is 3.00 bits per heavy atom. The molecule has 8 heteroatoms. The lowest BCUT2D eigenvalue weighted by Gasteiger charge is -2.23. The number of amides is 1. The summed E-state index contributed by atoms with van der Waals surface area (Å²) in [7, 11) is 0. The predicted octanol–water partition coefficient (Wildman–Crippen LogP) is 2.03. The first-order valence-electron chi connectivity index (χ1n) is 7.06. The number of hydrogen-bond acceptors (Lipinski definition) is 3. The zero-order valence-corrected chi connectivity index (χ0v) is 11.8. The highest BCUT2D eigenvalue weighted by molar-refractivity contribution is 5.93. The van der Waals surface area contributed by atoms with Crippen LogP contribution in [0.15, 0.2) is 6.33 Å². The average Bonchev–Trinajstić information content (AvgIpc) is 3.04. The van der Waals surface area contributed by atoms with Gasteiger partial charge in [0.05, 0.1) is 6.33 Å². The first kappa shape index (κ1) is 15.8. The number of aromatic nitrogens is 2. The van der Waals surface area contributed by atoms with Gasteiger partial charge in [-0.05, 0) is 32.4 Å². The van der Waals surface area contributed by atoms with Crippen molar-refractivity contribution in [2.75, 3.05) is 19.6 Å². The second-order valence-electron chi connectivity index (χ2n) is 5.17. The van der Waals surface area contributed by atoms with Crippen LogP contribution in [0, 0.1) is 0 Å². The van der Waals surface area contributed by atoms with Gasteiger partial charge >= 0.3 is 6.18 Å². The van der Waals surface area contributed by atoms with Crippen LogP contribution in [0.3, 0.4) is 0 Å². The number of carbonyl (C=O) groups excluding carboxylic acids is 1. The Hall–Kier alpha value is -1.57. The highest BCUT2D eigenvalue weighted by atomic mass is 19.4. The van der Waals surface area contributed by atoms with Gasteiger partial charge in [0.1, 0.15) is 0 Å². The van der Waals surface area contributed by atoms with Gasteiger partial charge < -0.3 is 10.3 Å². The predicted molar refractivity (Wildman–Crippen MR) is 70.8 cm³/mol. The number of likely N-dealkylation sites (tertiary alicyclic amines) is 1. The molecule has 1 fully saturated rings. The molecule has 2 rings (SSSR count). The maximum atomic E-state index is 12.7. The molecule has 5 nitrogen and oxygen atoms in total. The summed E-state index contributed by atoms with van der Waals surface area (Å²) in [4.78, 5) is 19.6. The third-order valence-corrected chi connectivity index (χ3v) is 3.65. The molecule has 118 valence electrons. The molecule has 0 bridgehead atoms. The van der Waals surface area contributed by atoms with Crippen molar-refractivity contribution in [3.63, 3.8) is 0 Å². The SMILES string of the molecule is CCCN1CCC[C@H]1CNC(=O)c1nc[nH]c1C(F)(F)F. The molecule has 1 aromatic heterocycles. The van der Waals surface area contributed by atoms with E-state index in [1.165, 1.54) is 0 Å². The highest BCUT2D eigenvalue weighted by Gasteiger charge is 2.38. The first-order valence-corrected chi connectivity index (χ1v) is 7.06. The van der Waals surface area contributed by atoms with Crippen molar-refractivity contribution < 1.29 is 18.0 Å². The summed E-state index contributed by atoms with van der Waals surface area (Å²) in [6.07, 6.45) is -0.701. The fraction of sp³-hybridized carbons (Fsp3) is 0.692. The Kier molecular flexibility index (Phi) is 4.87. The van der Waals surface area contributed by atoms with Crippen molar-refractivity contribution in [2.24, 2.45) is 0 Å². The number of halogens is 3. The molecule has 1 aromatic rings. The van der Waals surface area contributed by atoms with Crippen LogP contribution < -0.4 is 5.32 Å². The van der Waals surface area contributed by atoms with Crippen molar-refractivity contribution >= 4 is 5.91 Å². The van der Waals surface area contributed by atoms with Gasteiger partial charge in [-0.1, -0.05) is 6.92 Å². The molecule has 0 radical (unpaired) electrons. The maximum Gasteiger partial charge on any atom is 0.433 e. The van der Waals surface area contributed by atoms with Gasteiger partial charge in [-0.15, -0.1) is 0 Å².